The molecule has 4 rings (SSSR count). The lowest BCUT2D eigenvalue weighted by molar-refractivity contribution is 0.413. The highest BCUT2D eigenvalue weighted by molar-refractivity contribution is 5.59. The second kappa shape index (κ2) is 7.99. The lowest BCUT2D eigenvalue weighted by Crippen LogP contribution is -2.47. The molecule has 140 valence electrons. The van der Waals surface area contributed by atoms with E-state index in [-0.39, 0.29) is 0 Å². The molecule has 0 bridgehead atoms. The Morgan fingerprint density at radius 3 is 2.63 bits per heavy atom. The number of hydrogen-bond donors (Lipinski definition) is 1. The smallest absolute Gasteiger partial charge is 0.224 e. The van der Waals surface area contributed by atoms with Crippen molar-refractivity contribution >= 4 is 17.5 Å². The summed E-state index contributed by atoms with van der Waals surface area (Å²) < 4.78 is 10.8. The minimum absolute atomic E-state index is 0.567. The minimum atomic E-state index is 0.567. The average molecular weight is 365 g/mol. The predicted octanol–water partition coefficient (Wildman–Crippen LogP) is 3.02. The SMILES string of the molecule is COc1ccccc1N1CCN(c2ccnc(NCc3ccco3)n2)CC1. The Bertz CT molecular complexity index is 860. The zero-order chi connectivity index (χ0) is 18.5. The van der Waals surface area contributed by atoms with Crippen LogP contribution < -0.4 is 19.9 Å². The molecule has 1 aromatic carbocycles. The Balaban J connectivity index is 1.38. The van der Waals surface area contributed by atoms with Crippen molar-refractivity contribution in [2.75, 3.05) is 48.4 Å². The van der Waals surface area contributed by atoms with E-state index in [9.17, 15) is 0 Å². The fraction of sp³-hybridized carbons (Fsp3) is 0.300. The van der Waals surface area contributed by atoms with Crippen molar-refractivity contribution in [1.29, 1.82) is 0 Å². The van der Waals surface area contributed by atoms with Gasteiger partial charge in [0.25, 0.3) is 0 Å². The van der Waals surface area contributed by atoms with Crippen molar-refractivity contribution in [2.45, 2.75) is 6.54 Å². The third kappa shape index (κ3) is 3.97. The van der Waals surface area contributed by atoms with Crippen LogP contribution in [0.1, 0.15) is 5.76 Å². The van der Waals surface area contributed by atoms with E-state index in [0.29, 0.717) is 12.5 Å². The van der Waals surface area contributed by atoms with Gasteiger partial charge in [0.05, 0.1) is 25.6 Å². The zero-order valence-electron chi connectivity index (χ0n) is 15.3. The maximum Gasteiger partial charge on any atom is 0.224 e. The molecule has 0 spiro atoms. The van der Waals surface area contributed by atoms with E-state index in [4.69, 9.17) is 9.15 Å². The summed E-state index contributed by atoms with van der Waals surface area (Å²) in [5.41, 5.74) is 1.14. The number of aromatic nitrogens is 2. The molecular weight excluding hydrogens is 342 g/mol. The molecule has 7 nitrogen and oxygen atoms in total. The summed E-state index contributed by atoms with van der Waals surface area (Å²) >= 11 is 0. The largest absolute Gasteiger partial charge is 0.495 e. The summed E-state index contributed by atoms with van der Waals surface area (Å²) in [5, 5.41) is 3.21. The number of furan rings is 1. The van der Waals surface area contributed by atoms with Crippen molar-refractivity contribution in [2.24, 2.45) is 0 Å². The van der Waals surface area contributed by atoms with Crippen molar-refractivity contribution in [3.05, 3.63) is 60.7 Å². The molecule has 0 amide bonds. The number of hydrogen-bond acceptors (Lipinski definition) is 7. The lowest BCUT2D eigenvalue weighted by atomic mass is 10.2. The second-order valence-electron chi connectivity index (χ2n) is 6.32. The van der Waals surface area contributed by atoms with Gasteiger partial charge >= 0.3 is 0 Å². The van der Waals surface area contributed by atoms with Crippen LogP contribution in [0, 0.1) is 0 Å². The topological polar surface area (TPSA) is 66.7 Å². The molecule has 0 atom stereocenters. The first-order chi connectivity index (χ1) is 13.3. The van der Waals surface area contributed by atoms with Gasteiger partial charge in [0.1, 0.15) is 17.3 Å². The van der Waals surface area contributed by atoms with Crippen LogP contribution in [0.25, 0.3) is 0 Å². The van der Waals surface area contributed by atoms with E-state index in [1.807, 2.05) is 36.4 Å². The van der Waals surface area contributed by atoms with Crippen LogP contribution in [0.2, 0.25) is 0 Å². The summed E-state index contributed by atoms with van der Waals surface area (Å²) in [6.07, 6.45) is 3.45. The summed E-state index contributed by atoms with van der Waals surface area (Å²) in [7, 11) is 1.72. The van der Waals surface area contributed by atoms with Crippen molar-refractivity contribution in [3.63, 3.8) is 0 Å². The van der Waals surface area contributed by atoms with Gasteiger partial charge in [-0.25, -0.2) is 4.98 Å². The number of piperazine rings is 1. The molecule has 1 saturated heterocycles. The fourth-order valence-electron chi connectivity index (χ4n) is 3.26. The zero-order valence-corrected chi connectivity index (χ0v) is 15.3. The van der Waals surface area contributed by atoms with Crippen LogP contribution in [0.5, 0.6) is 5.75 Å². The maximum absolute atomic E-state index is 5.49. The van der Waals surface area contributed by atoms with E-state index in [1.165, 1.54) is 0 Å². The van der Waals surface area contributed by atoms with Gasteiger partial charge < -0.3 is 24.3 Å². The quantitative estimate of drug-likeness (QED) is 0.720. The van der Waals surface area contributed by atoms with E-state index >= 15 is 0 Å². The van der Waals surface area contributed by atoms with Crippen LogP contribution in [0.15, 0.2) is 59.3 Å². The molecule has 0 aliphatic carbocycles. The first kappa shape index (κ1) is 17.2. The molecule has 0 radical (unpaired) electrons. The molecule has 3 aromatic rings. The molecule has 1 aliphatic rings. The average Bonchev–Trinajstić information content (AvgIpc) is 3.26. The Morgan fingerprint density at radius 2 is 1.85 bits per heavy atom. The third-order valence-electron chi connectivity index (χ3n) is 4.67. The normalized spacial score (nSPS) is 14.3. The number of benzene rings is 1. The summed E-state index contributed by atoms with van der Waals surface area (Å²) in [6, 6.07) is 13.9. The van der Waals surface area contributed by atoms with Crippen molar-refractivity contribution < 1.29 is 9.15 Å². The van der Waals surface area contributed by atoms with Gasteiger partial charge in [0, 0.05) is 32.4 Å². The number of methoxy groups -OCH3 is 1. The molecule has 1 aliphatic heterocycles. The van der Waals surface area contributed by atoms with Gasteiger partial charge in [-0.1, -0.05) is 12.1 Å². The van der Waals surface area contributed by atoms with Crippen LogP contribution in [0.3, 0.4) is 0 Å². The molecule has 3 heterocycles. The van der Waals surface area contributed by atoms with Crippen LogP contribution in [-0.4, -0.2) is 43.3 Å². The van der Waals surface area contributed by atoms with Gasteiger partial charge in [-0.05, 0) is 30.3 Å². The highest BCUT2D eigenvalue weighted by atomic mass is 16.5. The molecule has 7 heteroatoms. The van der Waals surface area contributed by atoms with Crippen LogP contribution in [-0.2, 0) is 6.54 Å². The van der Waals surface area contributed by atoms with Gasteiger partial charge in [-0.15, -0.1) is 0 Å². The van der Waals surface area contributed by atoms with E-state index in [1.54, 1.807) is 19.6 Å². The predicted molar refractivity (Wildman–Crippen MR) is 105 cm³/mol. The van der Waals surface area contributed by atoms with Crippen LogP contribution >= 0.6 is 0 Å². The van der Waals surface area contributed by atoms with Gasteiger partial charge in [0.2, 0.25) is 5.95 Å². The molecule has 1 fully saturated rings. The molecule has 0 unspecified atom stereocenters. The number of rotatable bonds is 6. The van der Waals surface area contributed by atoms with Gasteiger partial charge in [0.15, 0.2) is 0 Å². The number of nitrogens with zero attached hydrogens (tertiary/aromatic N) is 4. The highest BCUT2D eigenvalue weighted by Gasteiger charge is 2.20. The Kier molecular flexibility index (Phi) is 5.09. The van der Waals surface area contributed by atoms with E-state index in [0.717, 1.165) is 49.2 Å². The third-order valence-corrected chi connectivity index (χ3v) is 4.67. The van der Waals surface area contributed by atoms with Gasteiger partial charge in [-0.3, -0.25) is 0 Å². The van der Waals surface area contributed by atoms with Crippen LogP contribution in [0.4, 0.5) is 17.5 Å². The standard InChI is InChI=1S/C20H23N5O2/c1-26-18-7-3-2-6-17(18)24-10-12-25(13-11-24)19-8-9-21-20(23-19)22-15-16-5-4-14-27-16/h2-9,14H,10-13,15H2,1H3,(H,21,22,23). The molecule has 2 aromatic heterocycles. The maximum atomic E-state index is 5.49. The molecule has 0 saturated carbocycles. The molecule has 1 N–H and O–H groups in total. The monoisotopic (exact) mass is 365 g/mol. The summed E-state index contributed by atoms with van der Waals surface area (Å²) in [4.78, 5) is 13.6. The Hall–Kier alpha value is -3.22. The number of para-hydroxylation sites is 2. The van der Waals surface area contributed by atoms with E-state index < -0.39 is 0 Å². The number of nitrogens with one attached hydrogen (secondary N) is 1. The Morgan fingerprint density at radius 1 is 1.04 bits per heavy atom. The second-order valence-corrected chi connectivity index (χ2v) is 6.32. The minimum Gasteiger partial charge on any atom is -0.495 e. The summed E-state index contributed by atoms with van der Waals surface area (Å²) in [5.74, 6) is 3.31. The highest BCUT2D eigenvalue weighted by Crippen LogP contribution is 2.29. The lowest BCUT2D eigenvalue weighted by Gasteiger charge is -2.37. The number of anilines is 3. The van der Waals surface area contributed by atoms with E-state index in [2.05, 4.69) is 31.2 Å². The first-order valence-electron chi connectivity index (χ1n) is 9.06. The number of ether oxygens (including phenoxy) is 1. The first-order valence-corrected chi connectivity index (χ1v) is 9.06. The van der Waals surface area contributed by atoms with Crippen molar-refractivity contribution in [1.82, 2.24) is 9.97 Å². The summed E-state index contributed by atoms with van der Waals surface area (Å²) in [6.45, 7) is 4.19. The molecular formula is C20H23N5O2. The Labute approximate surface area is 158 Å². The molecule has 27 heavy (non-hydrogen) atoms. The van der Waals surface area contributed by atoms with Gasteiger partial charge in [-0.2, -0.15) is 4.98 Å². The van der Waals surface area contributed by atoms with Crippen molar-refractivity contribution in [3.8, 4) is 5.75 Å². The fourth-order valence-corrected chi connectivity index (χ4v) is 3.26.